The summed E-state index contributed by atoms with van der Waals surface area (Å²) < 4.78 is 0. The van der Waals surface area contributed by atoms with E-state index in [1.165, 1.54) is 6.33 Å². The van der Waals surface area contributed by atoms with Crippen LogP contribution in [0.3, 0.4) is 0 Å². The first-order valence-electron chi connectivity index (χ1n) is 10.3. The van der Waals surface area contributed by atoms with Gasteiger partial charge in [0.25, 0.3) is 5.91 Å². The standard InChI is InChI=1S/C24H20N6O3/c1-13-11-17(13)23(31)27-16-9-7-15(8-10-16)20-29-19-21(25-12-26-22(19)30-20)28-18(24(32)33)14-5-3-2-4-6-14/h2-10,12,18H,11H2,1H3,(H,27,31)(H,32,33)(H2,25,26,28,29,30)/t18-/m0/s1. The number of nitrogens with zero attached hydrogens (tertiary/aromatic N) is 3. The zero-order chi connectivity index (χ0) is 22.9. The Labute approximate surface area is 188 Å². The number of hydrogen-bond acceptors (Lipinski definition) is 6. The molecule has 9 heteroatoms. The number of aromatic amines is 1. The summed E-state index contributed by atoms with van der Waals surface area (Å²) in [5.41, 5.74) is 4.96. The number of H-pyrrole nitrogens is 1. The molecule has 2 heterocycles. The Morgan fingerprint density at radius 1 is 1.06 bits per heavy atom. The van der Waals surface area contributed by atoms with Crippen LogP contribution in [0, 0.1) is 0 Å². The second-order valence-electron chi connectivity index (χ2n) is 7.80. The molecule has 2 aromatic carbocycles. The van der Waals surface area contributed by atoms with Gasteiger partial charge in [0, 0.05) is 16.8 Å². The molecule has 0 saturated carbocycles. The summed E-state index contributed by atoms with van der Waals surface area (Å²) in [5, 5.41) is 15.6. The number of nitrogens with one attached hydrogen (secondary N) is 3. The van der Waals surface area contributed by atoms with Crippen molar-refractivity contribution in [2.24, 2.45) is 0 Å². The zero-order valence-electron chi connectivity index (χ0n) is 17.7. The molecule has 0 bridgehead atoms. The fourth-order valence-corrected chi connectivity index (χ4v) is 3.56. The first kappa shape index (κ1) is 20.4. The molecule has 4 aromatic rings. The third kappa shape index (κ3) is 4.16. The third-order valence-electron chi connectivity index (χ3n) is 5.47. The molecular formula is C24H20N6O3. The van der Waals surface area contributed by atoms with Gasteiger partial charge >= 0.3 is 5.97 Å². The van der Waals surface area contributed by atoms with Crippen LogP contribution in [-0.4, -0.2) is 36.9 Å². The largest absolute Gasteiger partial charge is 0.479 e. The number of allylic oxidation sites excluding steroid dienone is 1. The molecule has 164 valence electrons. The second-order valence-corrected chi connectivity index (χ2v) is 7.80. The molecule has 9 nitrogen and oxygen atoms in total. The number of benzene rings is 2. The maximum atomic E-state index is 12.1. The van der Waals surface area contributed by atoms with Gasteiger partial charge in [-0.25, -0.2) is 19.7 Å². The molecule has 0 saturated heterocycles. The number of carbonyl (C=O) groups excluding carboxylic acids is 1. The summed E-state index contributed by atoms with van der Waals surface area (Å²) in [4.78, 5) is 40.1. The number of aromatic nitrogens is 4. The van der Waals surface area contributed by atoms with E-state index in [-0.39, 0.29) is 5.91 Å². The van der Waals surface area contributed by atoms with Crippen molar-refractivity contribution in [3.8, 4) is 11.4 Å². The molecule has 2 aromatic heterocycles. The highest BCUT2D eigenvalue weighted by Crippen LogP contribution is 2.31. The number of anilines is 2. The molecule has 0 radical (unpaired) electrons. The van der Waals surface area contributed by atoms with Crippen LogP contribution in [0.15, 0.2) is 72.1 Å². The van der Waals surface area contributed by atoms with Crippen molar-refractivity contribution in [3.05, 3.63) is 77.6 Å². The predicted octanol–water partition coefficient (Wildman–Crippen LogP) is 3.92. The van der Waals surface area contributed by atoms with Gasteiger partial charge in [0.15, 0.2) is 17.5 Å². The normalized spacial score (nSPS) is 13.6. The molecule has 33 heavy (non-hydrogen) atoms. The minimum atomic E-state index is -1.03. The highest BCUT2D eigenvalue weighted by Gasteiger charge is 2.24. The lowest BCUT2D eigenvalue weighted by Crippen LogP contribution is -2.21. The molecule has 0 aliphatic heterocycles. The average Bonchev–Trinajstić information content (AvgIpc) is 3.39. The fraction of sp³-hybridized carbons (Fsp3) is 0.125. The molecular weight excluding hydrogens is 420 g/mol. The number of hydrogen-bond donors (Lipinski definition) is 4. The van der Waals surface area contributed by atoms with Gasteiger partial charge in [-0.1, -0.05) is 35.9 Å². The van der Waals surface area contributed by atoms with E-state index in [9.17, 15) is 14.7 Å². The number of rotatable bonds is 7. The highest BCUT2D eigenvalue weighted by atomic mass is 16.4. The number of carbonyl (C=O) groups is 2. The Balaban J connectivity index is 1.40. The van der Waals surface area contributed by atoms with E-state index in [1.54, 1.807) is 36.4 Å². The number of carboxylic acid groups (broad SMARTS) is 1. The van der Waals surface area contributed by atoms with E-state index in [0.29, 0.717) is 34.1 Å². The maximum Gasteiger partial charge on any atom is 0.330 e. The minimum absolute atomic E-state index is 0.0682. The Bertz CT molecular complexity index is 1390. The van der Waals surface area contributed by atoms with Gasteiger partial charge in [-0.2, -0.15) is 0 Å². The van der Waals surface area contributed by atoms with Crippen LogP contribution < -0.4 is 10.6 Å². The quantitative estimate of drug-likeness (QED) is 0.342. The Hall–Kier alpha value is -4.53. The smallest absolute Gasteiger partial charge is 0.330 e. The number of fused-ring (bicyclic) bond motifs is 1. The predicted molar refractivity (Wildman–Crippen MR) is 124 cm³/mol. The van der Waals surface area contributed by atoms with E-state index in [1.807, 2.05) is 25.1 Å². The van der Waals surface area contributed by atoms with E-state index in [2.05, 4.69) is 30.6 Å². The zero-order valence-corrected chi connectivity index (χ0v) is 17.7. The molecule has 1 aliphatic rings. The van der Waals surface area contributed by atoms with Gasteiger partial charge in [-0.15, -0.1) is 0 Å². The van der Waals surface area contributed by atoms with Gasteiger partial charge in [-0.05, 0) is 43.2 Å². The highest BCUT2D eigenvalue weighted by molar-refractivity contribution is 6.07. The van der Waals surface area contributed by atoms with Crippen LogP contribution in [0.1, 0.15) is 24.9 Å². The van der Waals surface area contributed by atoms with Crippen molar-refractivity contribution >= 4 is 34.5 Å². The first-order valence-corrected chi connectivity index (χ1v) is 10.3. The van der Waals surface area contributed by atoms with Gasteiger partial charge in [0.05, 0.1) is 0 Å². The summed E-state index contributed by atoms with van der Waals surface area (Å²) in [5.74, 6) is -0.199. The minimum Gasteiger partial charge on any atom is -0.479 e. The van der Waals surface area contributed by atoms with Crippen LogP contribution >= 0.6 is 0 Å². The number of amides is 1. The lowest BCUT2D eigenvalue weighted by molar-refractivity contribution is -0.138. The topological polar surface area (TPSA) is 133 Å². The molecule has 0 unspecified atom stereocenters. The summed E-state index contributed by atoms with van der Waals surface area (Å²) in [6.07, 6.45) is 2.11. The number of aliphatic carboxylic acids is 1. The SMILES string of the molecule is CC1=C(C(=O)Nc2ccc(-c3nc4ncnc(N[C@H](C(=O)O)c5ccccc5)c4[nH]3)cc2)C1. The van der Waals surface area contributed by atoms with Crippen molar-refractivity contribution in [2.45, 2.75) is 19.4 Å². The molecule has 1 amide bonds. The van der Waals surface area contributed by atoms with E-state index in [4.69, 9.17) is 0 Å². The van der Waals surface area contributed by atoms with Gasteiger partial charge in [0.2, 0.25) is 0 Å². The van der Waals surface area contributed by atoms with Crippen LogP contribution in [0.25, 0.3) is 22.6 Å². The Morgan fingerprint density at radius 3 is 2.45 bits per heavy atom. The fourth-order valence-electron chi connectivity index (χ4n) is 3.56. The van der Waals surface area contributed by atoms with Crippen LogP contribution in [-0.2, 0) is 9.59 Å². The van der Waals surface area contributed by atoms with E-state index >= 15 is 0 Å². The maximum absolute atomic E-state index is 12.1. The number of imidazole rings is 1. The summed E-state index contributed by atoms with van der Waals surface area (Å²) in [6.45, 7) is 1.95. The van der Waals surface area contributed by atoms with Crippen molar-refractivity contribution in [3.63, 3.8) is 0 Å². The van der Waals surface area contributed by atoms with Crippen LogP contribution in [0.4, 0.5) is 11.5 Å². The van der Waals surface area contributed by atoms with Gasteiger partial charge < -0.3 is 20.7 Å². The Kier molecular flexibility index (Phi) is 5.06. The van der Waals surface area contributed by atoms with Crippen molar-refractivity contribution in [1.29, 1.82) is 0 Å². The molecule has 0 fully saturated rings. The van der Waals surface area contributed by atoms with Crippen LogP contribution in [0.2, 0.25) is 0 Å². The van der Waals surface area contributed by atoms with Gasteiger partial charge in [-0.3, -0.25) is 4.79 Å². The molecule has 1 aliphatic carbocycles. The molecule has 0 spiro atoms. The van der Waals surface area contributed by atoms with Gasteiger partial charge in [0.1, 0.15) is 17.7 Å². The second kappa shape index (κ2) is 8.19. The summed E-state index contributed by atoms with van der Waals surface area (Å²) in [7, 11) is 0. The average molecular weight is 440 g/mol. The van der Waals surface area contributed by atoms with Crippen molar-refractivity contribution in [1.82, 2.24) is 19.9 Å². The molecule has 5 rings (SSSR count). The summed E-state index contributed by atoms with van der Waals surface area (Å²) in [6, 6.07) is 15.2. The lowest BCUT2D eigenvalue weighted by atomic mass is 10.1. The third-order valence-corrected chi connectivity index (χ3v) is 5.47. The lowest BCUT2D eigenvalue weighted by Gasteiger charge is -2.15. The summed E-state index contributed by atoms with van der Waals surface area (Å²) >= 11 is 0. The van der Waals surface area contributed by atoms with E-state index < -0.39 is 12.0 Å². The van der Waals surface area contributed by atoms with Crippen LogP contribution in [0.5, 0.6) is 0 Å². The van der Waals surface area contributed by atoms with Crippen molar-refractivity contribution in [2.75, 3.05) is 10.6 Å². The Morgan fingerprint density at radius 2 is 1.79 bits per heavy atom. The number of carboxylic acids is 1. The monoisotopic (exact) mass is 440 g/mol. The van der Waals surface area contributed by atoms with E-state index in [0.717, 1.165) is 23.1 Å². The molecule has 4 N–H and O–H groups in total. The van der Waals surface area contributed by atoms with Crippen molar-refractivity contribution < 1.29 is 14.7 Å². The molecule has 1 atom stereocenters. The first-order chi connectivity index (χ1) is 16.0.